The van der Waals surface area contributed by atoms with E-state index >= 15 is 0 Å². The van der Waals surface area contributed by atoms with Crippen LogP contribution in [0.25, 0.3) is 0 Å². The molecular weight excluding hydrogens is 211 g/mol. The first-order valence-corrected chi connectivity index (χ1v) is 6.16. The van der Waals surface area contributed by atoms with E-state index < -0.39 is 0 Å². The van der Waals surface area contributed by atoms with E-state index in [-0.39, 0.29) is 12.4 Å². The fourth-order valence-corrected chi connectivity index (χ4v) is 2.38. The number of thioether (sulfide) groups is 1. The number of benzene rings is 1. The lowest BCUT2D eigenvalue weighted by molar-refractivity contribution is 0.289. The van der Waals surface area contributed by atoms with Gasteiger partial charge in [-0.15, -0.1) is 0 Å². The van der Waals surface area contributed by atoms with Gasteiger partial charge in [0.2, 0.25) is 0 Å². The van der Waals surface area contributed by atoms with Crippen LogP contribution >= 0.6 is 11.8 Å². The third-order valence-electron chi connectivity index (χ3n) is 2.36. The van der Waals surface area contributed by atoms with Crippen molar-refractivity contribution in [3.8, 4) is 0 Å². The van der Waals surface area contributed by atoms with E-state index in [4.69, 9.17) is 5.11 Å². The summed E-state index contributed by atoms with van der Waals surface area (Å²) in [6.45, 7) is 4.26. The molecule has 0 saturated carbocycles. The van der Waals surface area contributed by atoms with Gasteiger partial charge in [0.15, 0.2) is 0 Å². The van der Waals surface area contributed by atoms with Gasteiger partial charge in [-0.3, -0.25) is 0 Å². The van der Waals surface area contributed by atoms with E-state index in [1.807, 2.05) is 13.0 Å². The molecule has 0 bridgehead atoms. The predicted molar refractivity (Wildman–Crippen MR) is 63.6 cm³/mol. The Morgan fingerprint density at radius 1 is 1.47 bits per heavy atom. The molecule has 1 aromatic rings. The Hall–Kier alpha value is -0.540. The van der Waals surface area contributed by atoms with Gasteiger partial charge >= 0.3 is 0 Å². The van der Waals surface area contributed by atoms with Crippen molar-refractivity contribution in [3.05, 3.63) is 35.1 Å². The van der Waals surface area contributed by atoms with Crippen molar-refractivity contribution < 1.29 is 9.50 Å². The van der Waals surface area contributed by atoms with Gasteiger partial charge in [-0.2, -0.15) is 11.8 Å². The number of hydrogen-bond acceptors (Lipinski definition) is 2. The van der Waals surface area contributed by atoms with Crippen molar-refractivity contribution in [1.29, 1.82) is 0 Å². The molecule has 0 aliphatic carbocycles. The molecule has 0 fully saturated rings. The molecule has 1 atom stereocenters. The molecule has 1 unspecified atom stereocenters. The molecule has 3 heteroatoms. The molecule has 0 aliphatic heterocycles. The summed E-state index contributed by atoms with van der Waals surface area (Å²) >= 11 is 1.79. The SMILES string of the molecule is Cc1cc(F)ccc1CSC(C)CCO. The lowest BCUT2D eigenvalue weighted by Crippen LogP contribution is -2.00. The third-order valence-corrected chi connectivity index (χ3v) is 3.65. The highest BCUT2D eigenvalue weighted by Crippen LogP contribution is 2.22. The highest BCUT2D eigenvalue weighted by Gasteiger charge is 2.04. The summed E-state index contributed by atoms with van der Waals surface area (Å²) in [5, 5.41) is 9.21. The first-order valence-electron chi connectivity index (χ1n) is 5.11. The summed E-state index contributed by atoms with van der Waals surface area (Å²) < 4.78 is 12.8. The molecule has 0 spiro atoms. The Balaban J connectivity index is 2.50. The van der Waals surface area contributed by atoms with Crippen molar-refractivity contribution in [1.82, 2.24) is 0 Å². The third kappa shape index (κ3) is 4.22. The first kappa shape index (κ1) is 12.5. The Bertz CT molecular complexity index is 314. The zero-order valence-electron chi connectivity index (χ0n) is 9.16. The topological polar surface area (TPSA) is 20.2 Å². The van der Waals surface area contributed by atoms with Crippen molar-refractivity contribution in [2.75, 3.05) is 6.61 Å². The fourth-order valence-electron chi connectivity index (χ4n) is 1.32. The minimum absolute atomic E-state index is 0.176. The van der Waals surface area contributed by atoms with Crippen LogP contribution in [0.15, 0.2) is 18.2 Å². The predicted octanol–water partition coefficient (Wildman–Crippen LogP) is 3.14. The number of hydrogen-bond donors (Lipinski definition) is 1. The van der Waals surface area contributed by atoms with E-state index in [9.17, 15) is 4.39 Å². The van der Waals surface area contributed by atoms with Crippen molar-refractivity contribution >= 4 is 11.8 Å². The number of aliphatic hydroxyl groups is 1. The molecule has 1 rings (SSSR count). The Kier molecular flexibility index (Phi) is 5.12. The van der Waals surface area contributed by atoms with Gasteiger partial charge in [0, 0.05) is 17.6 Å². The van der Waals surface area contributed by atoms with Crippen LogP contribution in [-0.4, -0.2) is 17.0 Å². The average molecular weight is 228 g/mol. The maximum atomic E-state index is 12.8. The largest absolute Gasteiger partial charge is 0.396 e. The Morgan fingerprint density at radius 3 is 2.80 bits per heavy atom. The minimum Gasteiger partial charge on any atom is -0.396 e. The van der Waals surface area contributed by atoms with Crippen LogP contribution in [0.4, 0.5) is 4.39 Å². The van der Waals surface area contributed by atoms with E-state index in [2.05, 4.69) is 6.92 Å². The highest BCUT2D eigenvalue weighted by molar-refractivity contribution is 7.99. The molecule has 0 aromatic heterocycles. The van der Waals surface area contributed by atoms with Crippen molar-refractivity contribution in [2.24, 2.45) is 0 Å². The lowest BCUT2D eigenvalue weighted by Gasteiger charge is -2.10. The maximum absolute atomic E-state index is 12.8. The standard InChI is InChI=1S/C12H17FOS/c1-9-7-12(13)4-3-11(9)8-15-10(2)5-6-14/h3-4,7,10,14H,5-6,8H2,1-2H3. The van der Waals surface area contributed by atoms with Crippen LogP contribution in [0.5, 0.6) is 0 Å². The van der Waals surface area contributed by atoms with Crippen molar-refractivity contribution in [2.45, 2.75) is 31.3 Å². The second-order valence-corrected chi connectivity index (χ2v) is 5.13. The monoisotopic (exact) mass is 228 g/mol. The van der Waals surface area contributed by atoms with Crippen LogP contribution in [0.1, 0.15) is 24.5 Å². The summed E-state index contributed by atoms with van der Waals surface area (Å²) in [4.78, 5) is 0. The summed E-state index contributed by atoms with van der Waals surface area (Å²) in [6.07, 6.45) is 0.810. The molecular formula is C12H17FOS. The Morgan fingerprint density at radius 2 is 2.20 bits per heavy atom. The number of halogens is 1. The first-order chi connectivity index (χ1) is 7.13. The van der Waals surface area contributed by atoms with E-state index in [0.29, 0.717) is 5.25 Å². The van der Waals surface area contributed by atoms with Crippen LogP contribution in [0.3, 0.4) is 0 Å². The number of aliphatic hydroxyl groups excluding tert-OH is 1. The maximum Gasteiger partial charge on any atom is 0.123 e. The quantitative estimate of drug-likeness (QED) is 0.835. The number of rotatable bonds is 5. The fraction of sp³-hybridized carbons (Fsp3) is 0.500. The highest BCUT2D eigenvalue weighted by atomic mass is 32.2. The van der Waals surface area contributed by atoms with Gasteiger partial charge in [0.05, 0.1) is 0 Å². The molecule has 1 aromatic carbocycles. The van der Waals surface area contributed by atoms with E-state index in [0.717, 1.165) is 17.7 Å². The molecule has 0 radical (unpaired) electrons. The zero-order chi connectivity index (χ0) is 11.3. The molecule has 84 valence electrons. The van der Waals surface area contributed by atoms with Crippen molar-refractivity contribution in [3.63, 3.8) is 0 Å². The summed E-state index contributed by atoms with van der Waals surface area (Å²) in [6, 6.07) is 4.90. The van der Waals surface area contributed by atoms with Gasteiger partial charge in [-0.1, -0.05) is 13.0 Å². The molecule has 0 saturated heterocycles. The minimum atomic E-state index is -0.176. The molecule has 15 heavy (non-hydrogen) atoms. The van der Waals surface area contributed by atoms with Crippen LogP contribution < -0.4 is 0 Å². The average Bonchev–Trinajstić information content (AvgIpc) is 2.17. The van der Waals surface area contributed by atoms with Gasteiger partial charge in [-0.05, 0) is 36.6 Å². The Labute approximate surface area is 94.7 Å². The van der Waals surface area contributed by atoms with Gasteiger partial charge in [-0.25, -0.2) is 4.39 Å². The zero-order valence-corrected chi connectivity index (χ0v) is 9.98. The van der Waals surface area contributed by atoms with E-state index in [1.165, 1.54) is 11.6 Å². The normalized spacial score (nSPS) is 12.8. The van der Waals surface area contributed by atoms with Gasteiger partial charge in [0.25, 0.3) is 0 Å². The van der Waals surface area contributed by atoms with Crippen LogP contribution in [-0.2, 0) is 5.75 Å². The molecule has 1 nitrogen and oxygen atoms in total. The summed E-state index contributed by atoms with van der Waals surface area (Å²) in [7, 11) is 0. The summed E-state index contributed by atoms with van der Waals surface area (Å²) in [5.41, 5.74) is 2.17. The molecule has 0 amide bonds. The van der Waals surface area contributed by atoms with Crippen LogP contribution in [0.2, 0.25) is 0 Å². The van der Waals surface area contributed by atoms with Gasteiger partial charge in [0.1, 0.15) is 5.82 Å². The van der Waals surface area contributed by atoms with Crippen LogP contribution in [0, 0.1) is 12.7 Å². The summed E-state index contributed by atoms with van der Waals surface area (Å²) in [5.74, 6) is 0.706. The molecule has 1 N–H and O–H groups in total. The molecule has 0 aliphatic rings. The molecule has 0 heterocycles. The second kappa shape index (κ2) is 6.13. The lowest BCUT2D eigenvalue weighted by atomic mass is 10.1. The van der Waals surface area contributed by atoms with E-state index in [1.54, 1.807) is 17.8 Å². The second-order valence-electron chi connectivity index (χ2n) is 3.70. The smallest absolute Gasteiger partial charge is 0.123 e. The van der Waals surface area contributed by atoms with Gasteiger partial charge < -0.3 is 5.11 Å². The number of aryl methyl sites for hydroxylation is 1.